The van der Waals surface area contributed by atoms with Gasteiger partial charge < -0.3 is 9.84 Å². The number of carbonyl (C=O) groups is 1. The number of pyridine rings is 1. The lowest BCUT2D eigenvalue weighted by molar-refractivity contribution is -0.156. The van der Waals surface area contributed by atoms with E-state index < -0.39 is 35.9 Å². The summed E-state index contributed by atoms with van der Waals surface area (Å²) in [5, 5.41) is 13.5. The number of rotatable bonds is 4. The highest BCUT2D eigenvalue weighted by molar-refractivity contribution is 5.76. The largest absolute Gasteiger partial charge is 0.458 e. The highest BCUT2D eigenvalue weighted by Gasteiger charge is 2.39. The van der Waals surface area contributed by atoms with Crippen molar-refractivity contribution in [2.24, 2.45) is 0 Å². The van der Waals surface area contributed by atoms with Gasteiger partial charge in [-0.1, -0.05) is 12.1 Å². The molecule has 0 saturated carbocycles. The third kappa shape index (κ3) is 4.54. The molecule has 1 aliphatic heterocycles. The van der Waals surface area contributed by atoms with Crippen LogP contribution < -0.4 is 0 Å². The van der Waals surface area contributed by atoms with Crippen LogP contribution in [0.2, 0.25) is 0 Å². The molecule has 1 fully saturated rings. The molecule has 1 N–H and O–H groups in total. The number of esters is 1. The van der Waals surface area contributed by atoms with E-state index in [9.17, 15) is 27.5 Å². The number of nitrogens with zero attached hydrogens (tertiary/aromatic N) is 3. The van der Waals surface area contributed by atoms with Crippen molar-refractivity contribution in [3.8, 4) is 17.1 Å². The van der Waals surface area contributed by atoms with E-state index in [0.29, 0.717) is 0 Å². The maximum absolute atomic E-state index is 13.9. The molecule has 0 bridgehead atoms. The normalized spacial score (nSPS) is 19.3. The molecule has 0 amide bonds. The third-order valence-electron chi connectivity index (χ3n) is 4.84. The number of hydrogen-bond donors (Lipinski definition) is 1. The molecule has 10 heteroatoms. The first-order valence-corrected chi connectivity index (χ1v) is 9.65. The topological polar surface area (TPSA) is 77.2 Å². The van der Waals surface area contributed by atoms with Crippen molar-refractivity contribution in [2.75, 3.05) is 0 Å². The first-order chi connectivity index (χ1) is 15.2. The molecule has 0 radical (unpaired) electrons. The molecule has 1 saturated heterocycles. The Labute approximate surface area is 179 Å². The number of cyclic esters (lactones) is 1. The first kappa shape index (κ1) is 21.7. The number of aliphatic hydroxyl groups is 1. The van der Waals surface area contributed by atoms with Gasteiger partial charge in [-0.2, -0.15) is 18.3 Å². The van der Waals surface area contributed by atoms with Gasteiger partial charge in [-0.25, -0.2) is 14.1 Å². The second-order valence-electron chi connectivity index (χ2n) is 7.20. The van der Waals surface area contributed by atoms with E-state index in [-0.39, 0.29) is 35.5 Å². The smallest absolute Gasteiger partial charge is 0.435 e. The Bertz CT molecular complexity index is 1140. The van der Waals surface area contributed by atoms with Gasteiger partial charge in [0, 0.05) is 23.7 Å². The predicted octanol–water partition coefficient (Wildman–Crippen LogP) is 4.17. The van der Waals surface area contributed by atoms with Gasteiger partial charge in [0.05, 0.1) is 18.2 Å². The molecular formula is C22H17F4N3O3. The number of alkyl halides is 3. The van der Waals surface area contributed by atoms with Crippen LogP contribution in [-0.4, -0.2) is 38.0 Å². The average molecular weight is 447 g/mol. The van der Waals surface area contributed by atoms with Crippen LogP contribution in [0.3, 0.4) is 0 Å². The Morgan fingerprint density at radius 3 is 2.53 bits per heavy atom. The van der Waals surface area contributed by atoms with Crippen molar-refractivity contribution < 1.29 is 32.2 Å². The first-order valence-electron chi connectivity index (χ1n) is 9.65. The number of aliphatic hydroxyl groups excluding tert-OH is 1. The predicted molar refractivity (Wildman–Crippen MR) is 106 cm³/mol. The summed E-state index contributed by atoms with van der Waals surface area (Å²) in [5.74, 6) is -1.05. The zero-order valence-corrected chi connectivity index (χ0v) is 16.5. The zero-order chi connectivity index (χ0) is 22.9. The van der Waals surface area contributed by atoms with Crippen molar-refractivity contribution in [3.05, 3.63) is 71.8 Å². The van der Waals surface area contributed by atoms with E-state index in [2.05, 4.69) is 10.1 Å². The van der Waals surface area contributed by atoms with Gasteiger partial charge in [-0.15, -0.1) is 0 Å². The molecule has 3 heterocycles. The summed E-state index contributed by atoms with van der Waals surface area (Å²) < 4.78 is 61.4. The summed E-state index contributed by atoms with van der Waals surface area (Å²) in [4.78, 5) is 15.7. The minimum Gasteiger partial charge on any atom is -0.458 e. The van der Waals surface area contributed by atoms with E-state index in [4.69, 9.17) is 4.74 Å². The number of aromatic nitrogens is 3. The van der Waals surface area contributed by atoms with Crippen LogP contribution in [0, 0.1) is 5.82 Å². The molecule has 2 aromatic heterocycles. The van der Waals surface area contributed by atoms with E-state index in [1.165, 1.54) is 30.5 Å². The van der Waals surface area contributed by atoms with E-state index in [0.717, 1.165) is 22.9 Å². The molecule has 6 nitrogen and oxygen atoms in total. The highest BCUT2D eigenvalue weighted by Crippen LogP contribution is 2.38. The fourth-order valence-corrected chi connectivity index (χ4v) is 3.46. The van der Waals surface area contributed by atoms with Crippen LogP contribution in [0.25, 0.3) is 23.2 Å². The Morgan fingerprint density at radius 1 is 1.16 bits per heavy atom. The Hall–Kier alpha value is -3.53. The standard InChI is InChI=1S/C22H17F4N3O3/c23-14-6-4-13(5-7-14)20-17(9-8-16-11-15(30)12-19(31)32-16)21(22(24,25)26)28-29(20)18-3-1-2-10-27-18/h1-10,15-16,30H,11-12H2/b9-8+/t15-,16-/m1/s1. The molecule has 166 valence electrons. The van der Waals surface area contributed by atoms with E-state index in [1.807, 2.05) is 0 Å². The molecule has 1 aliphatic rings. The summed E-state index contributed by atoms with van der Waals surface area (Å²) in [6.07, 6.45) is -2.91. The number of halogens is 4. The maximum Gasteiger partial charge on any atom is 0.435 e. The van der Waals surface area contributed by atoms with E-state index in [1.54, 1.807) is 12.1 Å². The fourth-order valence-electron chi connectivity index (χ4n) is 3.46. The SMILES string of the molecule is O=C1C[C@H](O)C[C@@H](/C=C/c2c(C(F)(F)F)nn(-c3ccccn3)c2-c2ccc(F)cc2)O1. The molecule has 2 atom stereocenters. The zero-order valence-electron chi connectivity index (χ0n) is 16.5. The van der Waals surface area contributed by atoms with Crippen LogP contribution in [0.15, 0.2) is 54.7 Å². The van der Waals surface area contributed by atoms with Gasteiger partial charge in [0.25, 0.3) is 0 Å². The fraction of sp³-hybridized carbons (Fsp3) is 0.227. The van der Waals surface area contributed by atoms with Crippen LogP contribution >= 0.6 is 0 Å². The van der Waals surface area contributed by atoms with Crippen molar-refractivity contribution >= 4 is 12.0 Å². The van der Waals surface area contributed by atoms with Crippen LogP contribution in [0.1, 0.15) is 24.1 Å². The Kier molecular flexibility index (Phi) is 5.79. The lowest BCUT2D eigenvalue weighted by Gasteiger charge is -2.23. The van der Waals surface area contributed by atoms with Crippen molar-refractivity contribution in [1.29, 1.82) is 0 Å². The molecule has 0 spiro atoms. The quantitative estimate of drug-likeness (QED) is 0.480. The summed E-state index contributed by atoms with van der Waals surface area (Å²) in [7, 11) is 0. The van der Waals surface area contributed by atoms with Crippen molar-refractivity contribution in [2.45, 2.75) is 31.2 Å². The van der Waals surface area contributed by atoms with Crippen molar-refractivity contribution in [1.82, 2.24) is 14.8 Å². The molecular weight excluding hydrogens is 430 g/mol. The number of ether oxygens (including phenoxy) is 1. The summed E-state index contributed by atoms with van der Waals surface area (Å²) in [5.41, 5.74) is -1.16. The number of hydrogen-bond acceptors (Lipinski definition) is 5. The van der Waals surface area contributed by atoms with Crippen LogP contribution in [-0.2, 0) is 15.7 Å². The average Bonchev–Trinajstić information content (AvgIpc) is 3.13. The molecule has 0 unspecified atom stereocenters. The summed E-state index contributed by atoms with van der Waals surface area (Å²) >= 11 is 0. The Morgan fingerprint density at radius 2 is 1.91 bits per heavy atom. The number of carbonyl (C=O) groups excluding carboxylic acids is 1. The van der Waals surface area contributed by atoms with Gasteiger partial charge in [-0.05, 0) is 42.5 Å². The molecule has 0 aliphatic carbocycles. The minimum absolute atomic E-state index is 0.0370. The van der Waals surface area contributed by atoms with Gasteiger partial charge in [0.2, 0.25) is 0 Å². The van der Waals surface area contributed by atoms with Crippen LogP contribution in [0.5, 0.6) is 0 Å². The van der Waals surface area contributed by atoms with Gasteiger partial charge >= 0.3 is 12.1 Å². The maximum atomic E-state index is 13.9. The molecule has 1 aromatic carbocycles. The van der Waals surface area contributed by atoms with Gasteiger partial charge in [0.15, 0.2) is 11.5 Å². The lowest BCUT2D eigenvalue weighted by atomic mass is 10.0. The van der Waals surface area contributed by atoms with E-state index >= 15 is 0 Å². The second-order valence-corrected chi connectivity index (χ2v) is 7.20. The number of benzene rings is 1. The highest BCUT2D eigenvalue weighted by atomic mass is 19.4. The monoisotopic (exact) mass is 447 g/mol. The second kappa shape index (κ2) is 8.54. The van der Waals surface area contributed by atoms with Crippen molar-refractivity contribution in [3.63, 3.8) is 0 Å². The lowest BCUT2D eigenvalue weighted by Crippen LogP contribution is -2.31. The van der Waals surface area contributed by atoms with Gasteiger partial charge in [0.1, 0.15) is 11.9 Å². The molecule has 3 aromatic rings. The summed E-state index contributed by atoms with van der Waals surface area (Å²) in [6.45, 7) is 0. The third-order valence-corrected chi connectivity index (χ3v) is 4.84. The molecule has 4 rings (SSSR count). The minimum atomic E-state index is -4.81. The van der Waals surface area contributed by atoms with Gasteiger partial charge in [-0.3, -0.25) is 4.79 Å². The summed E-state index contributed by atoms with van der Waals surface area (Å²) in [6, 6.07) is 9.65. The van der Waals surface area contributed by atoms with Crippen LogP contribution in [0.4, 0.5) is 17.6 Å². The Balaban J connectivity index is 1.90. The molecule has 32 heavy (non-hydrogen) atoms.